The number of hydrogen-bond acceptors (Lipinski definition) is 1. The van der Waals surface area contributed by atoms with Gasteiger partial charge in [-0.15, -0.1) is 0 Å². The van der Waals surface area contributed by atoms with E-state index in [9.17, 15) is 0 Å². The predicted molar refractivity (Wildman–Crippen MR) is 69.7 cm³/mol. The monoisotopic (exact) mass is 217 g/mol. The lowest BCUT2D eigenvalue weighted by Gasteiger charge is -2.36. The Kier molecular flexibility index (Phi) is 3.34. The Balaban J connectivity index is 2.02. The fraction of sp³-hybridized carbons (Fsp3) is 0.600. The van der Waals surface area contributed by atoms with Crippen molar-refractivity contribution in [3.8, 4) is 0 Å². The minimum Gasteiger partial charge on any atom is -0.307 e. The molecule has 1 aliphatic carbocycles. The molecule has 1 saturated carbocycles. The molecule has 1 N–H and O–H groups in total. The van der Waals surface area contributed by atoms with E-state index in [1.165, 1.54) is 29.5 Å². The maximum Gasteiger partial charge on any atom is 0.0297 e. The summed E-state index contributed by atoms with van der Waals surface area (Å²) < 4.78 is 0. The predicted octanol–water partition coefficient (Wildman–Crippen LogP) is 3.75. The molecule has 0 heterocycles. The highest BCUT2D eigenvalue weighted by Gasteiger charge is 2.26. The van der Waals surface area contributed by atoms with Gasteiger partial charge in [-0.2, -0.15) is 0 Å². The second-order valence-corrected chi connectivity index (χ2v) is 5.52. The molecule has 0 aliphatic heterocycles. The molecule has 1 unspecified atom stereocenters. The maximum atomic E-state index is 3.73. The van der Waals surface area contributed by atoms with Gasteiger partial charge in [0.1, 0.15) is 0 Å². The normalized spacial score (nSPS) is 26.2. The Morgan fingerprint density at radius 1 is 1.25 bits per heavy atom. The zero-order valence-corrected chi connectivity index (χ0v) is 10.9. The molecule has 1 heteroatoms. The van der Waals surface area contributed by atoms with Gasteiger partial charge < -0.3 is 5.32 Å². The van der Waals surface area contributed by atoms with Crippen LogP contribution in [0.1, 0.15) is 49.4 Å². The van der Waals surface area contributed by atoms with Crippen LogP contribution in [0.25, 0.3) is 0 Å². The summed E-state index contributed by atoms with van der Waals surface area (Å²) in [5, 5.41) is 3.73. The van der Waals surface area contributed by atoms with Crippen LogP contribution in [-0.4, -0.2) is 6.04 Å². The Labute approximate surface area is 99.3 Å². The van der Waals surface area contributed by atoms with Gasteiger partial charge in [0.2, 0.25) is 0 Å². The average molecular weight is 217 g/mol. The van der Waals surface area contributed by atoms with E-state index in [1.54, 1.807) is 0 Å². The zero-order chi connectivity index (χ0) is 11.7. The highest BCUT2D eigenvalue weighted by molar-refractivity contribution is 5.32. The van der Waals surface area contributed by atoms with Gasteiger partial charge in [-0.25, -0.2) is 0 Å². The van der Waals surface area contributed by atoms with Gasteiger partial charge in [0.15, 0.2) is 0 Å². The largest absolute Gasteiger partial charge is 0.307 e. The molecule has 1 aromatic rings. The lowest BCUT2D eigenvalue weighted by Crippen LogP contribution is -2.41. The summed E-state index contributed by atoms with van der Waals surface area (Å²) in [5.74, 6) is 0.920. The summed E-state index contributed by atoms with van der Waals surface area (Å²) >= 11 is 0. The van der Waals surface area contributed by atoms with E-state index in [2.05, 4.69) is 51.2 Å². The van der Waals surface area contributed by atoms with Crippen LogP contribution in [0, 0.1) is 19.8 Å². The van der Waals surface area contributed by atoms with Crippen LogP contribution < -0.4 is 5.32 Å². The molecule has 0 bridgehead atoms. The van der Waals surface area contributed by atoms with Crippen LogP contribution in [0.5, 0.6) is 0 Å². The van der Waals surface area contributed by atoms with Gasteiger partial charge in [-0.05, 0) is 50.7 Å². The van der Waals surface area contributed by atoms with Crippen molar-refractivity contribution in [2.75, 3.05) is 0 Å². The van der Waals surface area contributed by atoms with Crippen molar-refractivity contribution >= 4 is 0 Å². The topological polar surface area (TPSA) is 12.0 Å². The van der Waals surface area contributed by atoms with E-state index in [4.69, 9.17) is 0 Å². The van der Waals surface area contributed by atoms with Crippen LogP contribution >= 0.6 is 0 Å². The minimum absolute atomic E-state index is 0.484. The smallest absolute Gasteiger partial charge is 0.0297 e. The quantitative estimate of drug-likeness (QED) is 0.813. The van der Waals surface area contributed by atoms with Gasteiger partial charge >= 0.3 is 0 Å². The molecule has 0 saturated heterocycles. The Morgan fingerprint density at radius 3 is 2.56 bits per heavy atom. The highest BCUT2D eigenvalue weighted by Crippen LogP contribution is 2.29. The number of rotatable bonds is 3. The fourth-order valence-corrected chi connectivity index (χ4v) is 2.71. The first kappa shape index (κ1) is 11.7. The Hall–Kier alpha value is -0.820. The van der Waals surface area contributed by atoms with Crippen LogP contribution in [0.2, 0.25) is 0 Å². The van der Waals surface area contributed by atoms with E-state index in [0.717, 1.165) is 12.0 Å². The van der Waals surface area contributed by atoms with Crippen molar-refractivity contribution in [1.82, 2.24) is 5.32 Å². The summed E-state index contributed by atoms with van der Waals surface area (Å²) in [6.45, 7) is 8.99. The van der Waals surface area contributed by atoms with Crippen LogP contribution in [0.4, 0.5) is 0 Å². The van der Waals surface area contributed by atoms with Crippen molar-refractivity contribution in [3.05, 3.63) is 34.9 Å². The maximum absolute atomic E-state index is 3.73. The number of hydrogen-bond donors (Lipinski definition) is 1. The summed E-state index contributed by atoms with van der Waals surface area (Å²) in [6.07, 6.45) is 2.68. The first-order chi connectivity index (χ1) is 7.56. The lowest BCUT2D eigenvalue weighted by atomic mass is 9.81. The van der Waals surface area contributed by atoms with E-state index in [-0.39, 0.29) is 0 Å². The van der Waals surface area contributed by atoms with E-state index < -0.39 is 0 Å². The molecule has 16 heavy (non-hydrogen) atoms. The molecule has 88 valence electrons. The molecule has 1 aliphatic rings. The third-order valence-electron chi connectivity index (χ3n) is 3.76. The first-order valence-electron chi connectivity index (χ1n) is 6.39. The van der Waals surface area contributed by atoms with Gasteiger partial charge in [-0.3, -0.25) is 0 Å². The molecule has 0 spiro atoms. The van der Waals surface area contributed by atoms with Crippen LogP contribution in [0.15, 0.2) is 18.2 Å². The second kappa shape index (κ2) is 4.58. The molecule has 0 amide bonds. The van der Waals surface area contributed by atoms with Gasteiger partial charge in [0.05, 0.1) is 0 Å². The second-order valence-electron chi connectivity index (χ2n) is 5.52. The van der Waals surface area contributed by atoms with Crippen molar-refractivity contribution < 1.29 is 0 Å². The third kappa shape index (κ3) is 2.46. The fourth-order valence-electron chi connectivity index (χ4n) is 2.71. The lowest BCUT2D eigenvalue weighted by molar-refractivity contribution is 0.226. The van der Waals surface area contributed by atoms with Crippen molar-refractivity contribution in [2.24, 2.45) is 5.92 Å². The molecular weight excluding hydrogens is 194 g/mol. The van der Waals surface area contributed by atoms with Crippen LogP contribution in [-0.2, 0) is 0 Å². The standard InChI is InChI=1S/C15H23N/c1-10-5-6-12(3)15(9-10)13(4)16-14-7-11(2)8-14/h5-6,9,11,13-14,16H,7-8H2,1-4H3. The molecule has 1 aromatic carbocycles. The van der Waals surface area contributed by atoms with E-state index >= 15 is 0 Å². The molecule has 1 nitrogen and oxygen atoms in total. The Bertz CT molecular complexity index is 364. The summed E-state index contributed by atoms with van der Waals surface area (Å²) in [6, 6.07) is 7.96. The van der Waals surface area contributed by atoms with Gasteiger partial charge in [0.25, 0.3) is 0 Å². The van der Waals surface area contributed by atoms with E-state index in [0.29, 0.717) is 6.04 Å². The van der Waals surface area contributed by atoms with Gasteiger partial charge in [0, 0.05) is 12.1 Å². The summed E-state index contributed by atoms with van der Waals surface area (Å²) in [4.78, 5) is 0. The first-order valence-corrected chi connectivity index (χ1v) is 6.39. The van der Waals surface area contributed by atoms with Crippen molar-refractivity contribution in [1.29, 1.82) is 0 Å². The molecule has 0 aromatic heterocycles. The van der Waals surface area contributed by atoms with Gasteiger partial charge in [-0.1, -0.05) is 30.7 Å². The third-order valence-corrected chi connectivity index (χ3v) is 3.76. The molecule has 2 rings (SSSR count). The number of aryl methyl sites for hydroxylation is 2. The zero-order valence-electron chi connectivity index (χ0n) is 10.9. The summed E-state index contributed by atoms with van der Waals surface area (Å²) in [7, 11) is 0. The van der Waals surface area contributed by atoms with Crippen molar-refractivity contribution in [2.45, 2.75) is 52.6 Å². The SMILES string of the molecule is Cc1ccc(C)c(C(C)NC2CC(C)C2)c1. The van der Waals surface area contributed by atoms with E-state index in [1.807, 2.05) is 0 Å². The highest BCUT2D eigenvalue weighted by atomic mass is 15.0. The van der Waals surface area contributed by atoms with Crippen molar-refractivity contribution in [3.63, 3.8) is 0 Å². The average Bonchev–Trinajstić information content (AvgIpc) is 2.19. The summed E-state index contributed by atoms with van der Waals surface area (Å²) in [5.41, 5.74) is 4.22. The molecule has 1 fully saturated rings. The number of nitrogens with one attached hydrogen (secondary N) is 1. The Morgan fingerprint density at radius 2 is 1.94 bits per heavy atom. The molecule has 0 radical (unpaired) electrons. The number of benzene rings is 1. The minimum atomic E-state index is 0.484. The molecular formula is C15H23N. The molecule has 1 atom stereocenters. The van der Waals surface area contributed by atoms with Crippen LogP contribution in [0.3, 0.4) is 0 Å².